The number of carbonyl (C=O) groups is 2. The number of hydrogen-bond donors (Lipinski definition) is 1. The Hall–Kier alpha value is -1.10. The molecule has 1 amide bonds. The summed E-state index contributed by atoms with van der Waals surface area (Å²) in [7, 11) is 3.95. The Morgan fingerprint density at radius 1 is 1.10 bits per heavy atom. The highest BCUT2D eigenvalue weighted by Gasteiger charge is 2.43. The fraction of sp³-hybridized carbons (Fsp3) is 0.867. The molecule has 1 aliphatic carbocycles. The largest absolute Gasteiger partial charge is 0.481 e. The van der Waals surface area contributed by atoms with E-state index >= 15 is 0 Å². The van der Waals surface area contributed by atoms with Crippen molar-refractivity contribution in [2.75, 3.05) is 33.7 Å². The predicted octanol–water partition coefficient (Wildman–Crippen LogP) is 1.82. The number of rotatable bonds is 8. The van der Waals surface area contributed by atoms with Gasteiger partial charge < -0.3 is 14.9 Å². The number of carboxylic acid groups (broad SMARTS) is 1. The van der Waals surface area contributed by atoms with Crippen molar-refractivity contribution < 1.29 is 14.7 Å². The summed E-state index contributed by atoms with van der Waals surface area (Å²) in [6, 6.07) is 0. The number of hydrogen-bond acceptors (Lipinski definition) is 3. The fourth-order valence-corrected chi connectivity index (χ4v) is 2.87. The second-order valence-electron chi connectivity index (χ2n) is 6.15. The van der Waals surface area contributed by atoms with Gasteiger partial charge in [0.1, 0.15) is 0 Å². The van der Waals surface area contributed by atoms with E-state index in [1.165, 1.54) is 0 Å². The first kappa shape index (κ1) is 17.0. The van der Waals surface area contributed by atoms with Crippen LogP contribution in [0, 0.1) is 5.41 Å². The Morgan fingerprint density at radius 2 is 1.70 bits per heavy atom. The van der Waals surface area contributed by atoms with Gasteiger partial charge in [-0.15, -0.1) is 0 Å². The van der Waals surface area contributed by atoms with E-state index in [0.717, 1.165) is 25.8 Å². The molecular weight excluding hydrogens is 256 g/mol. The van der Waals surface area contributed by atoms with Crippen molar-refractivity contribution in [3.63, 3.8) is 0 Å². The van der Waals surface area contributed by atoms with Crippen LogP contribution in [-0.4, -0.2) is 60.5 Å². The third kappa shape index (κ3) is 4.47. The van der Waals surface area contributed by atoms with Gasteiger partial charge in [-0.3, -0.25) is 9.59 Å². The van der Waals surface area contributed by atoms with Gasteiger partial charge in [-0.2, -0.15) is 0 Å². The van der Waals surface area contributed by atoms with Gasteiger partial charge in [0, 0.05) is 26.1 Å². The Bertz CT molecular complexity index is 336. The van der Waals surface area contributed by atoms with E-state index in [9.17, 15) is 14.7 Å². The lowest BCUT2D eigenvalue weighted by Crippen LogP contribution is -2.41. The van der Waals surface area contributed by atoms with Gasteiger partial charge in [0.25, 0.3) is 0 Å². The van der Waals surface area contributed by atoms with E-state index in [1.807, 2.05) is 30.8 Å². The molecule has 5 heteroatoms. The minimum absolute atomic E-state index is 0.00185. The van der Waals surface area contributed by atoms with E-state index < -0.39 is 11.4 Å². The van der Waals surface area contributed by atoms with Crippen molar-refractivity contribution in [3.8, 4) is 0 Å². The average Bonchev–Trinajstić information content (AvgIpc) is 2.83. The lowest BCUT2D eigenvalue weighted by atomic mass is 9.82. The zero-order chi connectivity index (χ0) is 15.2. The summed E-state index contributed by atoms with van der Waals surface area (Å²) in [5.41, 5.74) is -0.804. The molecule has 1 saturated carbocycles. The Balaban J connectivity index is 2.66. The van der Waals surface area contributed by atoms with Crippen LogP contribution in [0.15, 0.2) is 0 Å². The Morgan fingerprint density at radius 3 is 2.15 bits per heavy atom. The molecule has 0 bridgehead atoms. The smallest absolute Gasteiger partial charge is 0.310 e. The SMILES string of the molecule is CCCN(CCN(C)C)C(=O)CC1(C(=O)O)CCCC1. The molecule has 0 spiro atoms. The Kier molecular flexibility index (Phi) is 6.46. The number of amides is 1. The monoisotopic (exact) mass is 284 g/mol. The van der Waals surface area contributed by atoms with Crippen molar-refractivity contribution in [1.29, 1.82) is 0 Å². The number of likely N-dealkylation sites (N-methyl/N-ethyl adjacent to an activating group) is 1. The van der Waals surface area contributed by atoms with Gasteiger partial charge in [0.15, 0.2) is 0 Å². The van der Waals surface area contributed by atoms with Crippen molar-refractivity contribution in [2.24, 2.45) is 5.41 Å². The van der Waals surface area contributed by atoms with Crippen molar-refractivity contribution in [3.05, 3.63) is 0 Å². The summed E-state index contributed by atoms with van der Waals surface area (Å²) in [5, 5.41) is 9.46. The van der Waals surface area contributed by atoms with Crippen LogP contribution >= 0.6 is 0 Å². The third-order valence-electron chi connectivity index (χ3n) is 4.17. The lowest BCUT2D eigenvalue weighted by molar-refractivity contribution is -0.153. The molecule has 5 nitrogen and oxygen atoms in total. The number of carbonyl (C=O) groups excluding carboxylic acids is 1. The number of nitrogens with zero attached hydrogens (tertiary/aromatic N) is 2. The number of carboxylic acids is 1. The molecule has 1 rings (SSSR count). The van der Waals surface area contributed by atoms with E-state index in [-0.39, 0.29) is 12.3 Å². The second-order valence-corrected chi connectivity index (χ2v) is 6.15. The van der Waals surface area contributed by atoms with Crippen LogP contribution in [0.5, 0.6) is 0 Å². The maximum absolute atomic E-state index is 12.5. The van der Waals surface area contributed by atoms with Gasteiger partial charge in [0.2, 0.25) is 5.91 Å². The van der Waals surface area contributed by atoms with Crippen LogP contribution in [0.1, 0.15) is 45.4 Å². The van der Waals surface area contributed by atoms with E-state index in [1.54, 1.807) is 0 Å². The van der Waals surface area contributed by atoms with Gasteiger partial charge in [-0.05, 0) is 33.4 Å². The van der Waals surface area contributed by atoms with E-state index in [4.69, 9.17) is 0 Å². The molecule has 0 radical (unpaired) electrons. The molecule has 1 N–H and O–H groups in total. The summed E-state index contributed by atoms with van der Waals surface area (Å²) in [6.45, 7) is 4.24. The summed E-state index contributed by atoms with van der Waals surface area (Å²) in [5.74, 6) is -0.801. The summed E-state index contributed by atoms with van der Waals surface area (Å²) >= 11 is 0. The van der Waals surface area contributed by atoms with Crippen molar-refractivity contribution >= 4 is 11.9 Å². The van der Waals surface area contributed by atoms with Gasteiger partial charge in [0.05, 0.1) is 5.41 Å². The zero-order valence-corrected chi connectivity index (χ0v) is 13.0. The Labute approximate surface area is 121 Å². The minimum Gasteiger partial charge on any atom is -0.481 e. The van der Waals surface area contributed by atoms with Gasteiger partial charge in [-0.1, -0.05) is 19.8 Å². The summed E-state index contributed by atoms with van der Waals surface area (Å²) in [4.78, 5) is 27.8. The highest BCUT2D eigenvalue weighted by atomic mass is 16.4. The van der Waals surface area contributed by atoms with Gasteiger partial charge >= 0.3 is 5.97 Å². The molecule has 1 aliphatic rings. The van der Waals surface area contributed by atoms with Crippen LogP contribution in [0.4, 0.5) is 0 Å². The number of aliphatic carboxylic acids is 1. The highest BCUT2D eigenvalue weighted by Crippen LogP contribution is 2.41. The van der Waals surface area contributed by atoms with Crippen LogP contribution < -0.4 is 0 Å². The molecule has 0 aromatic heterocycles. The zero-order valence-electron chi connectivity index (χ0n) is 13.0. The molecule has 0 atom stereocenters. The first-order valence-corrected chi connectivity index (χ1v) is 7.57. The summed E-state index contributed by atoms with van der Waals surface area (Å²) < 4.78 is 0. The highest BCUT2D eigenvalue weighted by molar-refractivity contribution is 5.85. The second kappa shape index (κ2) is 7.62. The molecular formula is C15H28N2O3. The summed E-state index contributed by atoms with van der Waals surface area (Å²) in [6.07, 6.45) is 4.19. The molecule has 0 aromatic rings. The van der Waals surface area contributed by atoms with Gasteiger partial charge in [-0.25, -0.2) is 0 Å². The third-order valence-corrected chi connectivity index (χ3v) is 4.17. The topological polar surface area (TPSA) is 60.9 Å². The minimum atomic E-state index is -0.804. The quantitative estimate of drug-likeness (QED) is 0.738. The predicted molar refractivity (Wildman–Crippen MR) is 78.6 cm³/mol. The average molecular weight is 284 g/mol. The molecule has 0 aromatic carbocycles. The maximum atomic E-state index is 12.5. The maximum Gasteiger partial charge on any atom is 0.310 e. The molecule has 0 heterocycles. The molecule has 1 fully saturated rings. The molecule has 116 valence electrons. The first-order chi connectivity index (χ1) is 9.41. The van der Waals surface area contributed by atoms with Crippen LogP contribution in [-0.2, 0) is 9.59 Å². The normalized spacial score (nSPS) is 17.4. The van der Waals surface area contributed by atoms with E-state index in [2.05, 4.69) is 0 Å². The van der Waals surface area contributed by atoms with Crippen LogP contribution in [0.25, 0.3) is 0 Å². The van der Waals surface area contributed by atoms with Crippen LogP contribution in [0.3, 0.4) is 0 Å². The lowest BCUT2D eigenvalue weighted by Gasteiger charge is -2.29. The molecule has 0 saturated heterocycles. The fourth-order valence-electron chi connectivity index (χ4n) is 2.87. The van der Waals surface area contributed by atoms with E-state index in [0.29, 0.717) is 25.9 Å². The molecule has 0 aliphatic heterocycles. The first-order valence-electron chi connectivity index (χ1n) is 7.57. The van der Waals surface area contributed by atoms with Crippen molar-refractivity contribution in [1.82, 2.24) is 9.80 Å². The van der Waals surface area contributed by atoms with Crippen molar-refractivity contribution in [2.45, 2.75) is 45.4 Å². The van der Waals surface area contributed by atoms with Crippen LogP contribution in [0.2, 0.25) is 0 Å². The molecule has 20 heavy (non-hydrogen) atoms. The standard InChI is InChI=1S/C15H28N2O3/c1-4-9-17(11-10-16(2)3)13(18)12-15(14(19)20)7-5-6-8-15/h4-12H2,1-3H3,(H,19,20). The molecule has 0 unspecified atom stereocenters.